The van der Waals surface area contributed by atoms with E-state index in [1.54, 1.807) is 29.3 Å². The zero-order valence-electron chi connectivity index (χ0n) is 21.3. The van der Waals surface area contributed by atoms with Gasteiger partial charge in [-0.2, -0.15) is 5.10 Å². The fraction of sp³-hybridized carbons (Fsp3) is 0.423. The average Bonchev–Trinajstić information content (AvgIpc) is 3.44. The van der Waals surface area contributed by atoms with Gasteiger partial charge in [0.05, 0.1) is 42.0 Å². The van der Waals surface area contributed by atoms with Crippen LogP contribution in [0, 0.1) is 6.92 Å². The van der Waals surface area contributed by atoms with E-state index in [0.29, 0.717) is 12.6 Å². The van der Waals surface area contributed by atoms with E-state index in [0.717, 1.165) is 82.6 Å². The molecule has 1 saturated heterocycles. The third-order valence-corrected chi connectivity index (χ3v) is 7.52. The van der Waals surface area contributed by atoms with Crippen molar-refractivity contribution >= 4 is 33.2 Å². The molecule has 1 aliphatic rings. The Hall–Kier alpha value is -3.21. The summed E-state index contributed by atoms with van der Waals surface area (Å²) in [7, 11) is 5.76. The summed E-state index contributed by atoms with van der Waals surface area (Å²) in [6.45, 7) is 8.42. The minimum absolute atomic E-state index is 0.536. The normalized spacial score (nSPS) is 14.9. The molecule has 1 aliphatic heterocycles. The molecule has 0 saturated carbocycles. The van der Waals surface area contributed by atoms with E-state index in [1.165, 1.54) is 0 Å². The van der Waals surface area contributed by atoms with Crippen LogP contribution in [0.3, 0.4) is 0 Å². The molecule has 0 unspecified atom stereocenters. The predicted octanol–water partition coefficient (Wildman–Crippen LogP) is 4.17. The van der Waals surface area contributed by atoms with Crippen molar-refractivity contribution in [2.24, 2.45) is 7.05 Å². The number of methoxy groups -OCH3 is 1. The van der Waals surface area contributed by atoms with Gasteiger partial charge in [0.25, 0.3) is 0 Å². The highest BCUT2D eigenvalue weighted by Gasteiger charge is 2.19. The van der Waals surface area contributed by atoms with Gasteiger partial charge in [-0.3, -0.25) is 4.68 Å². The summed E-state index contributed by atoms with van der Waals surface area (Å²) in [6.07, 6.45) is 6.51. The second-order valence-corrected chi connectivity index (χ2v) is 10.4. The fourth-order valence-corrected chi connectivity index (χ4v) is 5.51. The number of aryl methyl sites for hydroxylation is 2. The molecule has 9 nitrogen and oxygen atoms in total. The third-order valence-electron chi connectivity index (χ3n) is 6.49. The quantitative estimate of drug-likeness (QED) is 0.338. The Morgan fingerprint density at radius 2 is 1.94 bits per heavy atom. The molecule has 1 fully saturated rings. The third kappa shape index (κ3) is 5.45. The molecular weight excluding hydrogens is 474 g/mol. The van der Waals surface area contributed by atoms with Crippen molar-refractivity contribution < 1.29 is 9.47 Å². The van der Waals surface area contributed by atoms with E-state index in [1.807, 2.05) is 31.6 Å². The second kappa shape index (κ2) is 10.8. The van der Waals surface area contributed by atoms with Gasteiger partial charge in [-0.1, -0.05) is 0 Å². The maximum Gasteiger partial charge on any atom is 0.227 e. The Balaban J connectivity index is 1.31. The lowest BCUT2D eigenvalue weighted by atomic mass is 10.0. The summed E-state index contributed by atoms with van der Waals surface area (Å²) < 4.78 is 14.6. The van der Waals surface area contributed by atoms with Crippen molar-refractivity contribution in [1.29, 1.82) is 0 Å². The zero-order chi connectivity index (χ0) is 25.1. The standard InChI is InChI=1S/C26H33N7O2S/c1-18-24(25-23(36-18)16-27-26(30-25)29-19-15-28-32(3)17-19)21-7-6-20(14-22(21)34-4)35-13-5-8-33-11-9-31(2)10-12-33/h6-7,14-17H,5,8-13H2,1-4H3,(H,27,29,30). The number of ether oxygens (including phenoxy) is 2. The Morgan fingerprint density at radius 1 is 1.11 bits per heavy atom. The molecule has 190 valence electrons. The van der Waals surface area contributed by atoms with E-state index in [-0.39, 0.29) is 0 Å². The van der Waals surface area contributed by atoms with E-state index < -0.39 is 0 Å². The molecule has 1 N–H and O–H groups in total. The van der Waals surface area contributed by atoms with Crippen molar-refractivity contribution in [3.8, 4) is 22.6 Å². The van der Waals surface area contributed by atoms with Crippen LogP contribution in [0.2, 0.25) is 0 Å². The lowest BCUT2D eigenvalue weighted by molar-refractivity contribution is 0.145. The molecule has 0 aliphatic carbocycles. The van der Waals surface area contributed by atoms with Gasteiger partial charge in [-0.05, 0) is 32.5 Å². The van der Waals surface area contributed by atoms with Crippen molar-refractivity contribution in [3.63, 3.8) is 0 Å². The number of nitrogens with one attached hydrogen (secondary N) is 1. The van der Waals surface area contributed by atoms with Gasteiger partial charge in [0.15, 0.2) is 0 Å². The first kappa shape index (κ1) is 24.5. The van der Waals surface area contributed by atoms with Crippen LogP contribution in [-0.2, 0) is 7.05 Å². The molecule has 0 amide bonds. The number of rotatable bonds is 9. The van der Waals surface area contributed by atoms with Crippen LogP contribution in [0.15, 0.2) is 36.8 Å². The summed E-state index contributed by atoms with van der Waals surface area (Å²) in [5.41, 5.74) is 3.80. The molecule has 5 rings (SSSR count). The van der Waals surface area contributed by atoms with Gasteiger partial charge < -0.3 is 24.6 Å². The molecule has 36 heavy (non-hydrogen) atoms. The van der Waals surface area contributed by atoms with Crippen LogP contribution in [0.4, 0.5) is 11.6 Å². The Kier molecular flexibility index (Phi) is 7.35. The number of nitrogens with zero attached hydrogens (tertiary/aromatic N) is 6. The van der Waals surface area contributed by atoms with E-state index in [9.17, 15) is 0 Å². The number of likely N-dealkylation sites (N-methyl/N-ethyl adjacent to an activating group) is 1. The average molecular weight is 508 g/mol. The summed E-state index contributed by atoms with van der Waals surface area (Å²) in [5, 5.41) is 7.44. The van der Waals surface area contributed by atoms with Crippen LogP contribution in [-0.4, -0.2) is 83.0 Å². The number of piperazine rings is 1. The Bertz CT molecular complexity index is 1330. The van der Waals surface area contributed by atoms with Gasteiger partial charge in [0.2, 0.25) is 5.95 Å². The van der Waals surface area contributed by atoms with Gasteiger partial charge in [-0.15, -0.1) is 11.3 Å². The molecule has 0 bridgehead atoms. The highest BCUT2D eigenvalue weighted by atomic mass is 32.1. The van der Waals surface area contributed by atoms with Crippen molar-refractivity contribution in [1.82, 2.24) is 29.5 Å². The van der Waals surface area contributed by atoms with Gasteiger partial charge in [0.1, 0.15) is 11.5 Å². The molecule has 0 atom stereocenters. The molecule has 3 aromatic heterocycles. The number of aromatic nitrogens is 4. The highest BCUT2D eigenvalue weighted by molar-refractivity contribution is 7.19. The summed E-state index contributed by atoms with van der Waals surface area (Å²) in [6, 6.07) is 6.07. The Labute approximate surface area is 215 Å². The minimum atomic E-state index is 0.536. The predicted molar refractivity (Wildman–Crippen MR) is 145 cm³/mol. The lowest BCUT2D eigenvalue weighted by Crippen LogP contribution is -2.44. The summed E-state index contributed by atoms with van der Waals surface area (Å²) in [5.74, 6) is 2.13. The van der Waals surface area contributed by atoms with Gasteiger partial charge >= 0.3 is 0 Å². The number of fused-ring (bicyclic) bond motifs is 1. The smallest absolute Gasteiger partial charge is 0.227 e. The number of benzene rings is 1. The number of hydrogen-bond donors (Lipinski definition) is 1. The molecule has 0 spiro atoms. The first-order valence-corrected chi connectivity index (χ1v) is 13.1. The number of anilines is 2. The SMILES string of the molecule is COc1cc(OCCCN2CCN(C)CC2)ccc1-c1c(C)sc2cnc(Nc3cnn(C)c3)nc12. The molecule has 1 aromatic carbocycles. The topological polar surface area (TPSA) is 80.6 Å². The second-order valence-electron chi connectivity index (χ2n) is 9.18. The fourth-order valence-electron chi connectivity index (χ4n) is 4.52. The van der Waals surface area contributed by atoms with Crippen LogP contribution in [0.25, 0.3) is 21.3 Å². The first-order valence-electron chi connectivity index (χ1n) is 12.2. The van der Waals surface area contributed by atoms with E-state index in [2.05, 4.69) is 45.2 Å². The van der Waals surface area contributed by atoms with Gasteiger partial charge in [-0.25, -0.2) is 9.97 Å². The largest absolute Gasteiger partial charge is 0.496 e. The minimum Gasteiger partial charge on any atom is -0.496 e. The monoisotopic (exact) mass is 507 g/mol. The van der Waals surface area contributed by atoms with Crippen LogP contribution >= 0.6 is 11.3 Å². The molecule has 10 heteroatoms. The van der Waals surface area contributed by atoms with Crippen LogP contribution < -0.4 is 14.8 Å². The molecular formula is C26H33N7O2S. The van der Waals surface area contributed by atoms with E-state index >= 15 is 0 Å². The lowest BCUT2D eigenvalue weighted by Gasteiger charge is -2.32. The Morgan fingerprint density at radius 3 is 2.69 bits per heavy atom. The van der Waals surface area contributed by atoms with Crippen molar-refractivity contribution in [2.75, 3.05) is 58.8 Å². The number of hydrogen-bond acceptors (Lipinski definition) is 9. The molecule has 4 aromatic rings. The van der Waals surface area contributed by atoms with Crippen molar-refractivity contribution in [2.45, 2.75) is 13.3 Å². The maximum atomic E-state index is 6.08. The first-order chi connectivity index (χ1) is 17.5. The van der Waals surface area contributed by atoms with E-state index in [4.69, 9.17) is 14.5 Å². The molecule has 4 heterocycles. The summed E-state index contributed by atoms with van der Waals surface area (Å²) >= 11 is 1.68. The van der Waals surface area contributed by atoms with Crippen molar-refractivity contribution in [3.05, 3.63) is 41.7 Å². The zero-order valence-corrected chi connectivity index (χ0v) is 22.1. The maximum absolute atomic E-state index is 6.08. The highest BCUT2D eigenvalue weighted by Crippen LogP contribution is 2.42. The van der Waals surface area contributed by atoms with Gasteiger partial charge in [0, 0.05) is 68.0 Å². The van der Waals surface area contributed by atoms with Crippen LogP contribution in [0.1, 0.15) is 11.3 Å². The molecule has 0 radical (unpaired) electrons. The van der Waals surface area contributed by atoms with Crippen LogP contribution in [0.5, 0.6) is 11.5 Å². The summed E-state index contributed by atoms with van der Waals surface area (Å²) in [4.78, 5) is 15.4. The number of thiophene rings is 1.